The molecule has 0 unspecified atom stereocenters. The molecule has 1 aromatic heterocycles. The second-order valence-corrected chi connectivity index (χ2v) is 4.46. The first-order valence-electron chi connectivity index (χ1n) is 6.94. The van der Waals surface area contributed by atoms with Crippen molar-refractivity contribution in [3.63, 3.8) is 0 Å². The number of benzene rings is 1. The first-order valence-corrected chi connectivity index (χ1v) is 6.94. The van der Waals surface area contributed by atoms with E-state index in [1.54, 1.807) is 6.92 Å². The van der Waals surface area contributed by atoms with E-state index < -0.39 is 12.0 Å². The zero-order valence-corrected chi connectivity index (χ0v) is 12.2. The van der Waals surface area contributed by atoms with Crippen LogP contribution in [0.4, 0.5) is 10.5 Å². The van der Waals surface area contributed by atoms with Crippen molar-refractivity contribution in [2.75, 3.05) is 18.5 Å². The molecule has 2 rings (SSSR count). The Bertz CT molecular complexity index is 649. The highest BCUT2D eigenvalue weighted by Crippen LogP contribution is 2.25. The fourth-order valence-electron chi connectivity index (χ4n) is 2.14. The maximum absolute atomic E-state index is 11.8. The van der Waals surface area contributed by atoms with Crippen LogP contribution in [0.15, 0.2) is 30.5 Å². The van der Waals surface area contributed by atoms with Crippen LogP contribution in [0.1, 0.15) is 13.8 Å². The maximum Gasteiger partial charge on any atom is 0.325 e. The zero-order chi connectivity index (χ0) is 15.2. The van der Waals surface area contributed by atoms with Gasteiger partial charge in [-0.15, -0.1) is 0 Å². The van der Waals surface area contributed by atoms with Crippen molar-refractivity contribution in [2.45, 2.75) is 20.4 Å². The Hall–Kier alpha value is -2.50. The van der Waals surface area contributed by atoms with E-state index in [-0.39, 0.29) is 6.54 Å². The summed E-state index contributed by atoms with van der Waals surface area (Å²) in [6.07, 6.45) is 1.88. The fraction of sp³-hybridized carbons (Fsp3) is 0.333. The van der Waals surface area contributed by atoms with Gasteiger partial charge < -0.3 is 19.9 Å². The molecule has 6 heteroatoms. The van der Waals surface area contributed by atoms with Crippen molar-refractivity contribution in [3.8, 4) is 0 Å². The number of nitrogens with zero attached hydrogens (tertiary/aromatic N) is 1. The van der Waals surface area contributed by atoms with Crippen molar-refractivity contribution in [3.05, 3.63) is 30.5 Å². The van der Waals surface area contributed by atoms with Gasteiger partial charge >= 0.3 is 12.0 Å². The van der Waals surface area contributed by atoms with Gasteiger partial charge in [-0.05, 0) is 19.9 Å². The number of aryl methyl sites for hydroxylation is 1. The summed E-state index contributed by atoms with van der Waals surface area (Å²) in [6.45, 7) is 4.72. The van der Waals surface area contributed by atoms with E-state index in [4.69, 9.17) is 4.74 Å². The number of anilines is 1. The minimum absolute atomic E-state index is 0.147. The Morgan fingerprint density at radius 3 is 2.71 bits per heavy atom. The second-order valence-electron chi connectivity index (χ2n) is 4.46. The summed E-state index contributed by atoms with van der Waals surface area (Å²) < 4.78 is 6.80. The molecule has 0 saturated carbocycles. The SMILES string of the molecule is CCOC(=O)CNC(=O)Nc1cn(CC)c2ccccc12. The van der Waals surface area contributed by atoms with E-state index in [1.807, 2.05) is 37.4 Å². The first kappa shape index (κ1) is 14.9. The van der Waals surface area contributed by atoms with Crippen LogP contribution in [-0.4, -0.2) is 29.7 Å². The summed E-state index contributed by atoms with van der Waals surface area (Å²) in [5.41, 5.74) is 1.77. The lowest BCUT2D eigenvalue weighted by Crippen LogP contribution is -2.34. The molecule has 2 amide bonds. The maximum atomic E-state index is 11.8. The van der Waals surface area contributed by atoms with Gasteiger partial charge in [0.2, 0.25) is 0 Å². The number of ether oxygens (including phenoxy) is 1. The summed E-state index contributed by atoms with van der Waals surface area (Å²) in [5.74, 6) is -0.455. The molecule has 0 aliphatic rings. The second kappa shape index (κ2) is 6.78. The average Bonchev–Trinajstić information content (AvgIpc) is 2.84. The lowest BCUT2D eigenvalue weighted by molar-refractivity contribution is -0.141. The quantitative estimate of drug-likeness (QED) is 0.830. The standard InChI is InChI=1S/C15H19N3O3/c1-3-18-10-12(11-7-5-6-8-13(11)18)17-15(20)16-9-14(19)21-4-2/h5-8,10H,3-4,9H2,1-2H3,(H2,16,17,20). The number of urea groups is 1. The number of fused-ring (bicyclic) bond motifs is 1. The van der Waals surface area contributed by atoms with Crippen LogP contribution in [0.25, 0.3) is 10.9 Å². The minimum Gasteiger partial charge on any atom is -0.465 e. The molecule has 0 bridgehead atoms. The number of carbonyl (C=O) groups is 2. The Morgan fingerprint density at radius 1 is 1.24 bits per heavy atom. The molecule has 112 valence electrons. The third-order valence-electron chi connectivity index (χ3n) is 3.08. The normalized spacial score (nSPS) is 10.4. The number of nitrogens with one attached hydrogen (secondary N) is 2. The Balaban J connectivity index is 2.06. The van der Waals surface area contributed by atoms with Gasteiger partial charge in [0.25, 0.3) is 0 Å². The number of aromatic nitrogens is 1. The van der Waals surface area contributed by atoms with Crippen molar-refractivity contribution in [1.82, 2.24) is 9.88 Å². The van der Waals surface area contributed by atoms with Crippen molar-refractivity contribution >= 4 is 28.6 Å². The zero-order valence-electron chi connectivity index (χ0n) is 12.2. The largest absolute Gasteiger partial charge is 0.465 e. The summed E-state index contributed by atoms with van der Waals surface area (Å²) in [4.78, 5) is 23.0. The van der Waals surface area contributed by atoms with Crippen LogP contribution in [0.3, 0.4) is 0 Å². The Kier molecular flexibility index (Phi) is 4.81. The van der Waals surface area contributed by atoms with Gasteiger partial charge in [0.1, 0.15) is 6.54 Å². The number of rotatable bonds is 5. The summed E-state index contributed by atoms with van der Waals surface area (Å²) in [6, 6.07) is 7.40. The molecule has 2 aromatic rings. The van der Waals surface area contributed by atoms with Crippen LogP contribution in [0, 0.1) is 0 Å². The molecule has 2 N–H and O–H groups in total. The van der Waals surface area contributed by atoms with Crippen LogP contribution in [-0.2, 0) is 16.1 Å². The molecule has 21 heavy (non-hydrogen) atoms. The van der Waals surface area contributed by atoms with E-state index in [0.29, 0.717) is 12.3 Å². The summed E-state index contributed by atoms with van der Waals surface area (Å²) in [7, 11) is 0. The highest BCUT2D eigenvalue weighted by atomic mass is 16.5. The highest BCUT2D eigenvalue weighted by molar-refractivity contribution is 6.01. The molecule has 1 heterocycles. The van der Waals surface area contributed by atoms with Crippen LogP contribution in [0.2, 0.25) is 0 Å². The first-order chi connectivity index (χ1) is 10.2. The Labute approximate surface area is 123 Å². The monoisotopic (exact) mass is 289 g/mol. The number of esters is 1. The smallest absolute Gasteiger partial charge is 0.325 e. The van der Waals surface area contributed by atoms with E-state index in [2.05, 4.69) is 15.2 Å². The molecule has 0 aliphatic heterocycles. The molecular formula is C15H19N3O3. The van der Waals surface area contributed by atoms with Gasteiger partial charge in [0.05, 0.1) is 17.8 Å². The number of para-hydroxylation sites is 1. The van der Waals surface area contributed by atoms with Crippen molar-refractivity contribution < 1.29 is 14.3 Å². The van der Waals surface area contributed by atoms with Crippen LogP contribution in [0.5, 0.6) is 0 Å². The lowest BCUT2D eigenvalue weighted by Gasteiger charge is -2.06. The predicted octanol–water partition coefficient (Wildman–Crippen LogP) is 2.35. The molecule has 0 atom stereocenters. The fourth-order valence-corrected chi connectivity index (χ4v) is 2.14. The van der Waals surface area contributed by atoms with Gasteiger partial charge in [0.15, 0.2) is 0 Å². The van der Waals surface area contributed by atoms with Crippen LogP contribution < -0.4 is 10.6 Å². The molecule has 0 fully saturated rings. The molecule has 0 saturated heterocycles. The van der Waals surface area contributed by atoms with E-state index in [1.165, 1.54) is 0 Å². The van der Waals surface area contributed by atoms with Gasteiger partial charge in [-0.2, -0.15) is 0 Å². The molecule has 0 aliphatic carbocycles. The number of hydrogen-bond donors (Lipinski definition) is 2. The molecule has 6 nitrogen and oxygen atoms in total. The number of hydrogen-bond acceptors (Lipinski definition) is 3. The molecule has 0 spiro atoms. The third kappa shape index (κ3) is 3.53. The summed E-state index contributed by atoms with van der Waals surface area (Å²) >= 11 is 0. The van der Waals surface area contributed by atoms with E-state index in [9.17, 15) is 9.59 Å². The Morgan fingerprint density at radius 2 is 2.00 bits per heavy atom. The summed E-state index contributed by atoms with van der Waals surface area (Å²) in [5, 5.41) is 6.20. The third-order valence-corrected chi connectivity index (χ3v) is 3.08. The highest BCUT2D eigenvalue weighted by Gasteiger charge is 2.11. The van der Waals surface area contributed by atoms with Gasteiger partial charge in [0, 0.05) is 18.1 Å². The lowest BCUT2D eigenvalue weighted by atomic mass is 10.2. The number of amides is 2. The van der Waals surface area contributed by atoms with Gasteiger partial charge in [-0.3, -0.25) is 4.79 Å². The van der Waals surface area contributed by atoms with Gasteiger partial charge in [-0.25, -0.2) is 4.79 Å². The minimum atomic E-state index is -0.455. The predicted molar refractivity (Wildman–Crippen MR) is 81.3 cm³/mol. The molecular weight excluding hydrogens is 270 g/mol. The molecule has 1 aromatic carbocycles. The van der Waals surface area contributed by atoms with Crippen molar-refractivity contribution in [2.24, 2.45) is 0 Å². The number of carbonyl (C=O) groups excluding carboxylic acids is 2. The van der Waals surface area contributed by atoms with E-state index >= 15 is 0 Å². The van der Waals surface area contributed by atoms with Gasteiger partial charge in [-0.1, -0.05) is 18.2 Å². The molecule has 0 radical (unpaired) electrons. The topological polar surface area (TPSA) is 72.4 Å². The van der Waals surface area contributed by atoms with Crippen LogP contribution >= 0.6 is 0 Å². The van der Waals surface area contributed by atoms with E-state index in [0.717, 1.165) is 17.4 Å². The average molecular weight is 289 g/mol. The van der Waals surface area contributed by atoms with Crippen molar-refractivity contribution in [1.29, 1.82) is 0 Å².